The summed E-state index contributed by atoms with van der Waals surface area (Å²) in [5, 5.41) is 10.8. The predicted molar refractivity (Wildman–Crippen MR) is 97.4 cm³/mol. The third kappa shape index (κ3) is 4.44. The number of carbonyl (C=O) groups excluding carboxylic acids is 2. The molecule has 1 amide bonds. The molecule has 1 aromatic rings. The zero-order valence-corrected chi connectivity index (χ0v) is 15.7. The third-order valence-electron chi connectivity index (χ3n) is 5.86. The molecule has 7 nitrogen and oxygen atoms in total. The van der Waals surface area contributed by atoms with Gasteiger partial charge in [-0.15, -0.1) is 0 Å². The van der Waals surface area contributed by atoms with Gasteiger partial charge >= 0.3 is 5.97 Å². The molecule has 0 bridgehead atoms. The number of rotatable bonds is 6. The number of carbonyl (C=O) groups is 2. The molecule has 2 heterocycles. The summed E-state index contributed by atoms with van der Waals surface area (Å²) in [6, 6.07) is -0.134. The fourth-order valence-corrected chi connectivity index (χ4v) is 4.36. The summed E-state index contributed by atoms with van der Waals surface area (Å²) in [6.07, 6.45) is 9.78. The van der Waals surface area contributed by atoms with E-state index in [-0.39, 0.29) is 36.2 Å². The van der Waals surface area contributed by atoms with Crippen LogP contribution in [0.3, 0.4) is 0 Å². The molecule has 0 spiro atoms. The van der Waals surface area contributed by atoms with Crippen molar-refractivity contribution in [1.82, 2.24) is 20.4 Å². The minimum atomic E-state index is -0.255. The van der Waals surface area contributed by atoms with Gasteiger partial charge < -0.3 is 15.4 Å². The highest BCUT2D eigenvalue weighted by Crippen LogP contribution is 2.31. The van der Waals surface area contributed by atoms with Crippen LogP contribution in [0.25, 0.3) is 0 Å². The summed E-state index contributed by atoms with van der Waals surface area (Å²) in [5.41, 5.74) is 1.08. The van der Waals surface area contributed by atoms with Gasteiger partial charge in [-0.3, -0.25) is 14.3 Å². The second-order valence-corrected chi connectivity index (χ2v) is 7.61. The average Bonchev–Trinajstić information content (AvgIpc) is 3.30. The molecule has 144 valence electrons. The molecule has 1 aromatic heterocycles. The van der Waals surface area contributed by atoms with Crippen LogP contribution in [-0.2, 0) is 21.4 Å². The number of hydrogen-bond donors (Lipinski definition) is 2. The Bertz CT molecular complexity index is 624. The van der Waals surface area contributed by atoms with Crippen LogP contribution in [-0.4, -0.2) is 47.9 Å². The van der Waals surface area contributed by atoms with Gasteiger partial charge in [-0.2, -0.15) is 5.10 Å². The molecule has 2 fully saturated rings. The van der Waals surface area contributed by atoms with Gasteiger partial charge in [0, 0.05) is 38.3 Å². The van der Waals surface area contributed by atoms with E-state index in [1.807, 2.05) is 19.4 Å². The molecule has 2 aliphatic rings. The lowest BCUT2D eigenvalue weighted by Gasteiger charge is -2.31. The highest BCUT2D eigenvalue weighted by molar-refractivity contribution is 5.81. The van der Waals surface area contributed by atoms with Gasteiger partial charge in [-0.1, -0.05) is 19.3 Å². The molecule has 3 rings (SSSR count). The Morgan fingerprint density at radius 2 is 2.12 bits per heavy atom. The van der Waals surface area contributed by atoms with Crippen molar-refractivity contribution in [1.29, 1.82) is 0 Å². The first kappa shape index (κ1) is 18.9. The Hall–Kier alpha value is -1.89. The molecular weight excluding hydrogens is 332 g/mol. The lowest BCUT2D eigenvalue weighted by molar-refractivity contribution is -0.142. The van der Waals surface area contributed by atoms with Gasteiger partial charge in [-0.05, 0) is 24.3 Å². The minimum absolute atomic E-state index is 0.0309. The lowest BCUT2D eigenvalue weighted by atomic mass is 9.82. The van der Waals surface area contributed by atoms with E-state index in [1.165, 1.54) is 26.4 Å². The van der Waals surface area contributed by atoms with Crippen LogP contribution in [0, 0.1) is 11.8 Å². The van der Waals surface area contributed by atoms with Crippen molar-refractivity contribution in [2.24, 2.45) is 18.9 Å². The van der Waals surface area contributed by atoms with E-state index in [0.717, 1.165) is 24.9 Å². The van der Waals surface area contributed by atoms with Crippen LogP contribution < -0.4 is 10.6 Å². The molecule has 2 N–H and O–H groups in total. The topological polar surface area (TPSA) is 85.2 Å². The Balaban J connectivity index is 1.68. The Kier molecular flexibility index (Phi) is 6.29. The molecular formula is C19H30N4O3. The van der Waals surface area contributed by atoms with Gasteiger partial charge in [0.25, 0.3) is 0 Å². The van der Waals surface area contributed by atoms with E-state index >= 15 is 0 Å². The second-order valence-electron chi connectivity index (χ2n) is 7.61. The van der Waals surface area contributed by atoms with Gasteiger partial charge in [-0.25, -0.2) is 0 Å². The molecule has 0 radical (unpaired) electrons. The SMILES string of the molecule is COC(=O)CC(NC(=O)[C@H]1CNC[C@@H]1c1cnn(C)c1)C1CCCCC1. The van der Waals surface area contributed by atoms with E-state index in [0.29, 0.717) is 12.5 Å². The number of ether oxygens (including phenoxy) is 1. The lowest BCUT2D eigenvalue weighted by Crippen LogP contribution is -2.46. The summed E-state index contributed by atoms with van der Waals surface area (Å²) in [7, 11) is 3.29. The number of aromatic nitrogens is 2. The fourth-order valence-electron chi connectivity index (χ4n) is 4.36. The molecule has 1 unspecified atom stereocenters. The normalized spacial score (nSPS) is 25.0. The standard InChI is InChI=1S/C19H30N4O3/c1-23-12-14(9-21-23)15-10-20-11-16(15)19(25)22-17(8-18(24)26-2)13-6-4-3-5-7-13/h9,12-13,15-17,20H,3-8,10-11H2,1-2H3,(H,22,25)/t15-,16+,17?/m1/s1. The van der Waals surface area contributed by atoms with Gasteiger partial charge in [0.05, 0.1) is 25.6 Å². The highest BCUT2D eigenvalue weighted by Gasteiger charge is 2.37. The van der Waals surface area contributed by atoms with Crippen LogP contribution >= 0.6 is 0 Å². The first-order valence-electron chi connectivity index (χ1n) is 9.65. The molecule has 0 aromatic carbocycles. The van der Waals surface area contributed by atoms with Crippen molar-refractivity contribution in [2.75, 3.05) is 20.2 Å². The van der Waals surface area contributed by atoms with E-state index < -0.39 is 0 Å². The average molecular weight is 362 g/mol. The number of amides is 1. The molecule has 26 heavy (non-hydrogen) atoms. The smallest absolute Gasteiger partial charge is 0.307 e. The predicted octanol–water partition coefficient (Wildman–Crippen LogP) is 1.35. The minimum Gasteiger partial charge on any atom is -0.469 e. The van der Waals surface area contributed by atoms with Crippen LogP contribution in [0.4, 0.5) is 0 Å². The van der Waals surface area contributed by atoms with Crippen molar-refractivity contribution in [3.05, 3.63) is 18.0 Å². The Morgan fingerprint density at radius 1 is 1.35 bits per heavy atom. The summed E-state index contributed by atoms with van der Waals surface area (Å²) < 4.78 is 6.63. The summed E-state index contributed by atoms with van der Waals surface area (Å²) in [4.78, 5) is 24.9. The van der Waals surface area contributed by atoms with E-state index in [4.69, 9.17) is 4.74 Å². The maximum absolute atomic E-state index is 13.0. The third-order valence-corrected chi connectivity index (χ3v) is 5.86. The van der Waals surface area contributed by atoms with Crippen molar-refractivity contribution >= 4 is 11.9 Å². The van der Waals surface area contributed by atoms with Crippen molar-refractivity contribution in [3.63, 3.8) is 0 Å². The van der Waals surface area contributed by atoms with Crippen LogP contribution in [0.15, 0.2) is 12.4 Å². The Labute approximate surface area is 154 Å². The van der Waals surface area contributed by atoms with Gasteiger partial charge in [0.2, 0.25) is 5.91 Å². The highest BCUT2D eigenvalue weighted by atomic mass is 16.5. The molecule has 1 aliphatic carbocycles. The number of aryl methyl sites for hydroxylation is 1. The molecule has 7 heteroatoms. The monoisotopic (exact) mass is 362 g/mol. The van der Waals surface area contributed by atoms with Crippen LogP contribution in [0.1, 0.15) is 50.0 Å². The summed E-state index contributed by atoms with van der Waals surface area (Å²) in [6.45, 7) is 1.43. The zero-order valence-electron chi connectivity index (χ0n) is 15.7. The van der Waals surface area contributed by atoms with E-state index in [9.17, 15) is 9.59 Å². The van der Waals surface area contributed by atoms with E-state index in [2.05, 4.69) is 15.7 Å². The molecule has 1 aliphatic heterocycles. The molecule has 1 saturated heterocycles. The van der Waals surface area contributed by atoms with Crippen LogP contribution in [0.5, 0.6) is 0 Å². The summed E-state index contributed by atoms with van der Waals surface area (Å²) in [5.74, 6) is 0.118. The zero-order chi connectivity index (χ0) is 18.5. The van der Waals surface area contributed by atoms with Crippen molar-refractivity contribution < 1.29 is 14.3 Å². The number of esters is 1. The van der Waals surface area contributed by atoms with Crippen molar-refractivity contribution in [3.8, 4) is 0 Å². The first-order valence-corrected chi connectivity index (χ1v) is 9.65. The number of nitrogens with one attached hydrogen (secondary N) is 2. The second kappa shape index (κ2) is 8.66. The fraction of sp³-hybridized carbons (Fsp3) is 0.737. The molecule has 1 saturated carbocycles. The number of hydrogen-bond acceptors (Lipinski definition) is 5. The van der Waals surface area contributed by atoms with Crippen molar-refractivity contribution in [2.45, 2.75) is 50.5 Å². The largest absolute Gasteiger partial charge is 0.469 e. The number of methoxy groups -OCH3 is 1. The Morgan fingerprint density at radius 3 is 2.77 bits per heavy atom. The maximum Gasteiger partial charge on any atom is 0.307 e. The first-order chi connectivity index (χ1) is 12.6. The number of nitrogens with zero attached hydrogens (tertiary/aromatic N) is 2. The quantitative estimate of drug-likeness (QED) is 0.746. The van der Waals surface area contributed by atoms with Crippen LogP contribution in [0.2, 0.25) is 0 Å². The van der Waals surface area contributed by atoms with Gasteiger partial charge in [0.15, 0.2) is 0 Å². The molecule has 3 atom stereocenters. The summed E-state index contributed by atoms with van der Waals surface area (Å²) >= 11 is 0. The van der Waals surface area contributed by atoms with Gasteiger partial charge in [0.1, 0.15) is 0 Å². The maximum atomic E-state index is 13.0. The van der Waals surface area contributed by atoms with E-state index in [1.54, 1.807) is 4.68 Å².